The Morgan fingerprint density at radius 1 is 1.12 bits per heavy atom. The number of pyridine rings is 2. The van der Waals surface area contributed by atoms with E-state index in [0.717, 1.165) is 25.1 Å². The van der Waals surface area contributed by atoms with Crippen LogP contribution in [0.25, 0.3) is 11.4 Å². The predicted molar refractivity (Wildman–Crippen MR) is 124 cm³/mol. The Morgan fingerprint density at radius 2 is 1.85 bits per heavy atom. The largest absolute Gasteiger partial charge is 0.417 e. The first kappa shape index (κ1) is 25.4. The highest BCUT2D eigenvalue weighted by atomic mass is 35.5. The lowest BCUT2D eigenvalue weighted by Crippen LogP contribution is -2.52. The molecule has 11 heteroatoms. The van der Waals surface area contributed by atoms with Crippen molar-refractivity contribution in [2.45, 2.75) is 44.9 Å². The topological polar surface area (TPSA) is 83.9 Å². The van der Waals surface area contributed by atoms with Crippen LogP contribution in [0.15, 0.2) is 48.9 Å². The van der Waals surface area contributed by atoms with Crippen LogP contribution in [-0.4, -0.2) is 49.4 Å². The van der Waals surface area contributed by atoms with Gasteiger partial charge < -0.3 is 10.2 Å². The maximum atomic E-state index is 13.5. The van der Waals surface area contributed by atoms with Gasteiger partial charge in [-0.3, -0.25) is 4.79 Å². The number of likely N-dealkylation sites (tertiary alicyclic amines) is 1. The van der Waals surface area contributed by atoms with Crippen molar-refractivity contribution in [2.24, 2.45) is 0 Å². The molecule has 180 valence electrons. The first-order valence-electron chi connectivity index (χ1n) is 10.6. The molecule has 1 aliphatic heterocycles. The molecule has 34 heavy (non-hydrogen) atoms. The lowest BCUT2D eigenvalue weighted by atomic mass is 9.96. The number of carbonyl (C=O) groups is 1. The molecule has 1 amide bonds. The third-order valence-electron chi connectivity index (χ3n) is 5.72. The third-order valence-corrected chi connectivity index (χ3v) is 5.72. The second-order valence-electron chi connectivity index (χ2n) is 7.98. The number of alkyl halides is 3. The van der Waals surface area contributed by atoms with E-state index in [2.05, 4.69) is 25.3 Å². The summed E-state index contributed by atoms with van der Waals surface area (Å²) in [6.45, 7) is 4.27. The van der Waals surface area contributed by atoms with Crippen LogP contribution in [0.5, 0.6) is 0 Å². The minimum atomic E-state index is -4.44. The highest BCUT2D eigenvalue weighted by Gasteiger charge is 2.34. The van der Waals surface area contributed by atoms with Gasteiger partial charge in [0.15, 0.2) is 5.82 Å². The standard InChI is InChI=1S/C23H23F3N6O.ClH/c1-14-6-8-17(21-27-10-4-11-28-21)20(30-14)22(33)32-12-3-5-18(15(32)2)31-19-9-7-16(13-29-19)23(24,25)26;/h4,6-11,13,15,18H,3,5,12H2,1-2H3,(H,29,31);1H/t15-,18+;/m1./s1. The molecular weight excluding hydrogens is 469 g/mol. The van der Waals surface area contributed by atoms with Crippen LogP contribution < -0.4 is 5.32 Å². The van der Waals surface area contributed by atoms with Gasteiger partial charge in [0, 0.05) is 42.9 Å². The van der Waals surface area contributed by atoms with Gasteiger partial charge >= 0.3 is 6.18 Å². The van der Waals surface area contributed by atoms with E-state index in [4.69, 9.17) is 0 Å². The fraction of sp³-hybridized carbons (Fsp3) is 0.348. The molecule has 2 atom stereocenters. The number of piperidine rings is 1. The van der Waals surface area contributed by atoms with Crippen molar-refractivity contribution in [2.75, 3.05) is 11.9 Å². The zero-order chi connectivity index (χ0) is 23.6. The zero-order valence-corrected chi connectivity index (χ0v) is 19.4. The molecule has 4 heterocycles. The van der Waals surface area contributed by atoms with Crippen LogP contribution in [0.2, 0.25) is 0 Å². The van der Waals surface area contributed by atoms with Crippen LogP contribution in [-0.2, 0) is 6.18 Å². The molecule has 7 nitrogen and oxygen atoms in total. The van der Waals surface area contributed by atoms with E-state index < -0.39 is 11.7 Å². The van der Waals surface area contributed by atoms with Gasteiger partial charge in [0.1, 0.15) is 11.5 Å². The summed E-state index contributed by atoms with van der Waals surface area (Å²) in [7, 11) is 0. The van der Waals surface area contributed by atoms with Crippen LogP contribution in [0.4, 0.5) is 19.0 Å². The molecule has 0 saturated carbocycles. The Morgan fingerprint density at radius 3 is 2.50 bits per heavy atom. The Hall–Kier alpha value is -3.27. The van der Waals surface area contributed by atoms with Crippen molar-refractivity contribution in [3.8, 4) is 11.4 Å². The summed E-state index contributed by atoms with van der Waals surface area (Å²) in [6.07, 6.45) is 1.07. The highest BCUT2D eigenvalue weighted by Crippen LogP contribution is 2.30. The van der Waals surface area contributed by atoms with Crippen molar-refractivity contribution in [1.82, 2.24) is 24.8 Å². The molecule has 1 aliphatic rings. The molecule has 1 N–H and O–H groups in total. The van der Waals surface area contributed by atoms with Crippen LogP contribution in [0.1, 0.15) is 41.5 Å². The lowest BCUT2D eigenvalue weighted by Gasteiger charge is -2.40. The predicted octanol–water partition coefficient (Wildman–Crippen LogP) is 4.79. The van der Waals surface area contributed by atoms with E-state index >= 15 is 0 Å². The molecule has 0 radical (unpaired) electrons. The number of hydrogen-bond donors (Lipinski definition) is 1. The maximum absolute atomic E-state index is 13.5. The van der Waals surface area contributed by atoms with Gasteiger partial charge in [0.2, 0.25) is 0 Å². The number of rotatable bonds is 4. The van der Waals surface area contributed by atoms with E-state index in [1.54, 1.807) is 29.4 Å². The number of halogens is 4. The fourth-order valence-corrected chi connectivity index (χ4v) is 3.93. The number of nitrogens with one attached hydrogen (secondary N) is 1. The van der Waals surface area contributed by atoms with Gasteiger partial charge in [0.25, 0.3) is 5.91 Å². The minimum absolute atomic E-state index is 0. The first-order chi connectivity index (χ1) is 15.7. The Bertz CT molecular complexity index is 1130. The smallest absolute Gasteiger partial charge is 0.365 e. The van der Waals surface area contributed by atoms with E-state index in [1.807, 2.05) is 19.9 Å². The number of anilines is 1. The molecule has 0 aromatic carbocycles. The van der Waals surface area contributed by atoms with Crippen molar-refractivity contribution >= 4 is 24.1 Å². The Balaban J connectivity index is 0.00000324. The van der Waals surface area contributed by atoms with Gasteiger partial charge in [-0.15, -0.1) is 12.4 Å². The molecule has 1 saturated heterocycles. The number of carbonyl (C=O) groups excluding carboxylic acids is 1. The molecule has 1 fully saturated rings. The summed E-state index contributed by atoms with van der Waals surface area (Å²) >= 11 is 0. The van der Waals surface area contributed by atoms with Gasteiger partial charge in [-0.2, -0.15) is 13.2 Å². The molecule has 0 unspecified atom stereocenters. The second-order valence-corrected chi connectivity index (χ2v) is 7.98. The number of aryl methyl sites for hydroxylation is 1. The van der Waals surface area contributed by atoms with Gasteiger partial charge in [-0.05, 0) is 57.0 Å². The average Bonchev–Trinajstić information content (AvgIpc) is 2.80. The first-order valence-corrected chi connectivity index (χ1v) is 10.6. The maximum Gasteiger partial charge on any atom is 0.417 e. The van der Waals surface area contributed by atoms with E-state index in [1.165, 1.54) is 6.07 Å². The van der Waals surface area contributed by atoms with E-state index in [-0.39, 0.29) is 36.1 Å². The average molecular weight is 493 g/mol. The summed E-state index contributed by atoms with van der Waals surface area (Å²) in [5, 5.41) is 3.19. The summed E-state index contributed by atoms with van der Waals surface area (Å²) in [5.74, 6) is 0.517. The monoisotopic (exact) mass is 492 g/mol. The summed E-state index contributed by atoms with van der Waals surface area (Å²) in [4.78, 5) is 32.2. The SMILES string of the molecule is Cc1ccc(-c2ncccn2)c(C(=O)N2CCC[C@H](Nc3ccc(C(F)(F)F)cn3)[C@H]2C)n1.Cl. The second kappa shape index (κ2) is 10.3. The summed E-state index contributed by atoms with van der Waals surface area (Å²) < 4.78 is 38.4. The quantitative estimate of drug-likeness (QED) is 0.564. The zero-order valence-electron chi connectivity index (χ0n) is 18.6. The van der Waals surface area contributed by atoms with Crippen molar-refractivity contribution < 1.29 is 18.0 Å². The molecule has 0 spiro atoms. The van der Waals surface area contributed by atoms with E-state index in [0.29, 0.717) is 29.4 Å². The Labute approximate surface area is 201 Å². The minimum Gasteiger partial charge on any atom is -0.365 e. The van der Waals surface area contributed by atoms with Crippen molar-refractivity contribution in [1.29, 1.82) is 0 Å². The molecule has 3 aromatic rings. The van der Waals surface area contributed by atoms with Gasteiger partial charge in [-0.1, -0.05) is 0 Å². The summed E-state index contributed by atoms with van der Waals surface area (Å²) in [5.41, 5.74) is 0.730. The molecule has 3 aromatic heterocycles. The highest BCUT2D eigenvalue weighted by molar-refractivity contribution is 5.98. The number of nitrogens with zero attached hydrogens (tertiary/aromatic N) is 5. The van der Waals surface area contributed by atoms with Crippen molar-refractivity contribution in [3.05, 3.63) is 65.9 Å². The number of hydrogen-bond acceptors (Lipinski definition) is 6. The van der Waals surface area contributed by atoms with E-state index in [9.17, 15) is 18.0 Å². The molecule has 0 aliphatic carbocycles. The van der Waals surface area contributed by atoms with Crippen LogP contribution in [0, 0.1) is 6.92 Å². The number of amides is 1. The number of aromatic nitrogens is 4. The lowest BCUT2D eigenvalue weighted by molar-refractivity contribution is -0.137. The summed E-state index contributed by atoms with van der Waals surface area (Å²) in [6, 6.07) is 7.20. The van der Waals surface area contributed by atoms with Gasteiger partial charge in [0.05, 0.1) is 11.1 Å². The van der Waals surface area contributed by atoms with Crippen LogP contribution >= 0.6 is 12.4 Å². The van der Waals surface area contributed by atoms with Gasteiger partial charge in [-0.25, -0.2) is 19.9 Å². The molecule has 0 bridgehead atoms. The molecule has 4 rings (SSSR count). The third kappa shape index (κ3) is 5.44. The Kier molecular flexibility index (Phi) is 7.71. The molecular formula is C23H24ClF3N6O. The fourth-order valence-electron chi connectivity index (χ4n) is 3.93. The normalized spacial score (nSPS) is 18.2. The van der Waals surface area contributed by atoms with Crippen molar-refractivity contribution in [3.63, 3.8) is 0 Å². The van der Waals surface area contributed by atoms with Crippen LogP contribution in [0.3, 0.4) is 0 Å².